The number of nitrogens with zero attached hydrogens (tertiary/aromatic N) is 1. The van der Waals surface area contributed by atoms with E-state index in [9.17, 15) is 31.5 Å². The van der Waals surface area contributed by atoms with E-state index in [2.05, 4.69) is 0 Å². The Kier molecular flexibility index (Phi) is 6.33. The fourth-order valence-corrected chi connectivity index (χ4v) is 7.65. The predicted octanol–water partition coefficient (Wildman–Crippen LogP) is 5.66. The van der Waals surface area contributed by atoms with Gasteiger partial charge in [-0.05, 0) is 70.3 Å². The van der Waals surface area contributed by atoms with Gasteiger partial charge in [-0.1, -0.05) is 32.9 Å². The van der Waals surface area contributed by atoms with Crippen LogP contribution in [0.5, 0.6) is 0 Å². The van der Waals surface area contributed by atoms with E-state index in [0.717, 1.165) is 27.7 Å². The third kappa shape index (κ3) is 4.55. The number of hydrogen-bond acceptors (Lipinski definition) is 4. The van der Waals surface area contributed by atoms with E-state index in [1.807, 2.05) is 26.8 Å². The number of aromatic nitrogens is 1. The van der Waals surface area contributed by atoms with Crippen LogP contribution in [0.3, 0.4) is 0 Å². The molecule has 0 saturated carbocycles. The van der Waals surface area contributed by atoms with Gasteiger partial charge < -0.3 is 9.90 Å². The first-order valence-electron chi connectivity index (χ1n) is 11.0. The quantitative estimate of drug-likeness (QED) is 0.309. The number of hydrogen-bond donors (Lipinski definition) is 0. The Labute approximate surface area is 209 Å². The summed E-state index contributed by atoms with van der Waals surface area (Å²) in [6.07, 6.45) is -4.61. The maximum atomic E-state index is 14.0. The number of rotatable bonds is 5. The van der Waals surface area contributed by atoms with Crippen LogP contribution in [0, 0.1) is 6.92 Å². The number of alkyl halides is 3. The van der Waals surface area contributed by atoms with E-state index in [0.29, 0.717) is 5.56 Å². The number of carbonyl (C=O) groups is 1. The maximum Gasteiger partial charge on any atom is 0.416 e. The van der Waals surface area contributed by atoms with Gasteiger partial charge in [0.1, 0.15) is 11.3 Å². The molecule has 190 valence electrons. The normalized spacial score (nSPS) is 13.4. The van der Waals surface area contributed by atoms with Crippen LogP contribution in [0.15, 0.2) is 64.9 Å². The fraction of sp³-hybridized carbons (Fsp3) is 0.269. The van der Waals surface area contributed by atoms with E-state index in [1.165, 1.54) is 12.1 Å². The molecule has 0 fully saturated rings. The summed E-state index contributed by atoms with van der Waals surface area (Å²) in [6.45, 7) is 7.39. The topological polar surface area (TPSA) is 79.2 Å². The molecule has 2 aromatic heterocycles. The van der Waals surface area contributed by atoms with Crippen molar-refractivity contribution in [1.82, 2.24) is 3.97 Å². The molecule has 1 unspecified atom stereocenters. The molecule has 0 aliphatic rings. The lowest BCUT2D eigenvalue weighted by Crippen LogP contribution is -2.22. The molecular weight excluding hydrogens is 511 g/mol. The molecule has 0 aliphatic heterocycles. The summed E-state index contributed by atoms with van der Waals surface area (Å²) in [5.74, 6) is -1.39. The molecule has 0 radical (unpaired) electrons. The van der Waals surface area contributed by atoms with Gasteiger partial charge in [0.25, 0.3) is 10.0 Å². The number of carbonyl (C=O) groups excluding carboxylic acids is 1. The smallest absolute Gasteiger partial charge is 0.416 e. The molecule has 2 heterocycles. The zero-order valence-corrected chi connectivity index (χ0v) is 21.6. The monoisotopic (exact) mass is 535 g/mol. The van der Waals surface area contributed by atoms with Crippen molar-refractivity contribution >= 4 is 37.4 Å². The number of aromatic carboxylic acids is 1. The zero-order valence-electron chi connectivity index (χ0n) is 20.0. The Morgan fingerprint density at radius 2 is 1.69 bits per heavy atom. The van der Waals surface area contributed by atoms with Crippen LogP contribution in [-0.4, -0.2) is 18.4 Å². The second-order valence-corrected chi connectivity index (χ2v) is 13.2. The molecule has 4 rings (SSSR count). The van der Waals surface area contributed by atoms with Crippen LogP contribution in [0.4, 0.5) is 13.2 Å². The minimum Gasteiger partial charge on any atom is -0.540 e. The fourth-order valence-electron chi connectivity index (χ4n) is 4.14. The van der Waals surface area contributed by atoms with E-state index < -0.39 is 38.2 Å². The first-order chi connectivity index (χ1) is 16.6. The van der Waals surface area contributed by atoms with Gasteiger partial charge in [-0.15, -0.1) is 0 Å². The van der Waals surface area contributed by atoms with Gasteiger partial charge in [-0.25, -0.2) is 12.4 Å². The van der Waals surface area contributed by atoms with E-state index in [1.54, 1.807) is 30.5 Å². The highest BCUT2D eigenvalue weighted by molar-refractivity contribution is 7.90. The van der Waals surface area contributed by atoms with Crippen molar-refractivity contribution < 1.29 is 31.5 Å². The molecule has 0 amide bonds. The molecule has 5 nitrogen and oxygen atoms in total. The van der Waals surface area contributed by atoms with Gasteiger partial charge in [0.15, 0.2) is 10.6 Å². The van der Waals surface area contributed by atoms with E-state index in [4.69, 9.17) is 0 Å². The van der Waals surface area contributed by atoms with Crippen molar-refractivity contribution in [2.24, 2.45) is 0 Å². The minimum absolute atomic E-state index is 0.00561. The molecule has 2 aromatic carbocycles. The van der Waals surface area contributed by atoms with Crippen molar-refractivity contribution in [1.29, 1.82) is 0 Å². The minimum atomic E-state index is -4.61. The SMILES string of the molecule is Cc1c(C[s+]2cccc2C(=O)[O-])n(S(=O)(=O)c2cccc(C(C)(C)C)c2)c2ccc(C(F)(F)F)cc12. The van der Waals surface area contributed by atoms with Gasteiger partial charge in [0.2, 0.25) is 0 Å². The van der Waals surface area contributed by atoms with Crippen molar-refractivity contribution in [3.63, 3.8) is 0 Å². The molecule has 4 aromatic rings. The number of halogens is 3. The van der Waals surface area contributed by atoms with Gasteiger partial charge in [-0.2, -0.15) is 13.2 Å². The third-order valence-electron chi connectivity index (χ3n) is 6.13. The highest BCUT2D eigenvalue weighted by atomic mass is 32.2. The highest BCUT2D eigenvalue weighted by Crippen LogP contribution is 2.39. The zero-order chi connectivity index (χ0) is 26.6. The van der Waals surface area contributed by atoms with Gasteiger partial charge in [0, 0.05) is 11.5 Å². The summed E-state index contributed by atoms with van der Waals surface area (Å²) >= 11 is 0. The number of carboxylic acid groups (broad SMARTS) is 1. The summed E-state index contributed by atoms with van der Waals surface area (Å²) in [7, 11) is -5.27. The first-order valence-corrected chi connectivity index (χ1v) is 13.9. The summed E-state index contributed by atoms with van der Waals surface area (Å²) < 4.78 is 69.5. The third-order valence-corrected chi connectivity index (χ3v) is 9.81. The molecule has 0 saturated heterocycles. The number of fused-ring (bicyclic) bond motifs is 1. The van der Waals surface area contributed by atoms with Gasteiger partial charge in [-0.3, -0.25) is 0 Å². The molecule has 0 aliphatic carbocycles. The van der Waals surface area contributed by atoms with Crippen molar-refractivity contribution in [3.05, 3.63) is 87.2 Å². The number of thiophene rings is 1. The van der Waals surface area contributed by atoms with Crippen molar-refractivity contribution in [3.8, 4) is 0 Å². The molecule has 1 atom stereocenters. The van der Waals surface area contributed by atoms with Crippen LogP contribution >= 0.6 is 10.5 Å². The predicted molar refractivity (Wildman–Crippen MR) is 132 cm³/mol. The summed E-state index contributed by atoms with van der Waals surface area (Å²) in [5.41, 5.74) is 0.217. The van der Waals surface area contributed by atoms with Crippen LogP contribution < -0.4 is 5.11 Å². The maximum absolute atomic E-state index is 14.0. The van der Waals surface area contributed by atoms with Gasteiger partial charge in [0.05, 0.1) is 21.7 Å². The Hall–Kier alpha value is -3.11. The van der Waals surface area contributed by atoms with Crippen LogP contribution in [0.25, 0.3) is 10.9 Å². The number of aryl methyl sites for hydroxylation is 1. The molecule has 36 heavy (non-hydrogen) atoms. The average Bonchev–Trinajstić information content (AvgIpc) is 3.36. The molecular formula is C26H24F3NO4S2. The summed E-state index contributed by atoms with van der Waals surface area (Å²) in [6, 6.07) is 12.4. The molecule has 10 heteroatoms. The number of carboxylic acids is 1. The number of benzene rings is 2. The standard InChI is InChI=1S/C26H24F3NO4S2/c1-16-20-14-18(26(27,28)29)10-11-21(20)30(22(16)15-35-12-6-9-23(35)24(31)32)36(33,34)19-8-5-7-17(13-19)25(2,3)4/h5-14H,15H2,1-4H3. The Morgan fingerprint density at radius 1 is 1.00 bits per heavy atom. The first kappa shape index (κ1) is 26.0. The van der Waals surface area contributed by atoms with Crippen LogP contribution in [-0.2, 0) is 27.4 Å². The van der Waals surface area contributed by atoms with Crippen molar-refractivity contribution in [2.45, 2.75) is 49.9 Å². The summed E-state index contributed by atoms with van der Waals surface area (Å²) in [4.78, 5) is 11.6. The Morgan fingerprint density at radius 3 is 2.31 bits per heavy atom. The van der Waals surface area contributed by atoms with Crippen LogP contribution in [0.1, 0.15) is 52.8 Å². The molecule has 0 bridgehead atoms. The molecule has 0 N–H and O–H groups in total. The Bertz CT molecular complexity index is 1590. The highest BCUT2D eigenvalue weighted by Gasteiger charge is 2.34. The van der Waals surface area contributed by atoms with E-state index in [-0.39, 0.29) is 37.5 Å². The van der Waals surface area contributed by atoms with Crippen molar-refractivity contribution in [2.75, 3.05) is 0 Å². The Balaban J connectivity index is 2.02. The lowest BCUT2D eigenvalue weighted by Gasteiger charge is -2.20. The largest absolute Gasteiger partial charge is 0.540 e. The lowest BCUT2D eigenvalue weighted by molar-refractivity contribution is -0.254. The summed E-state index contributed by atoms with van der Waals surface area (Å²) in [5, 5.41) is 13.4. The average molecular weight is 536 g/mol. The van der Waals surface area contributed by atoms with E-state index >= 15 is 0 Å². The second kappa shape index (κ2) is 8.77. The lowest BCUT2D eigenvalue weighted by atomic mass is 9.87. The van der Waals surface area contributed by atoms with Crippen LogP contribution in [0.2, 0.25) is 0 Å². The van der Waals surface area contributed by atoms with Gasteiger partial charge >= 0.3 is 6.18 Å². The second-order valence-electron chi connectivity index (χ2n) is 9.57. The molecule has 0 spiro atoms.